The van der Waals surface area contributed by atoms with Gasteiger partial charge in [0.25, 0.3) is 5.91 Å². The van der Waals surface area contributed by atoms with Crippen molar-refractivity contribution in [2.75, 3.05) is 12.3 Å². The van der Waals surface area contributed by atoms with Gasteiger partial charge in [-0.1, -0.05) is 18.2 Å². The number of fused-ring (bicyclic) bond motifs is 1. The van der Waals surface area contributed by atoms with Gasteiger partial charge in [-0.3, -0.25) is 9.78 Å². The van der Waals surface area contributed by atoms with E-state index in [9.17, 15) is 4.79 Å². The van der Waals surface area contributed by atoms with Gasteiger partial charge in [-0.15, -0.1) is 0 Å². The van der Waals surface area contributed by atoms with Crippen LogP contribution in [0.25, 0.3) is 0 Å². The predicted octanol–water partition coefficient (Wildman–Crippen LogP) is 1.40. The number of nitrogens with one attached hydrogen (secondary N) is 1. The van der Waals surface area contributed by atoms with Crippen LogP contribution in [0.3, 0.4) is 0 Å². The number of hydrogen-bond acceptors (Lipinski definition) is 4. The zero-order valence-electron chi connectivity index (χ0n) is 10.9. The first-order chi connectivity index (χ1) is 9.74. The van der Waals surface area contributed by atoms with Gasteiger partial charge >= 0.3 is 0 Å². The van der Waals surface area contributed by atoms with Gasteiger partial charge in [-0.2, -0.15) is 0 Å². The number of para-hydroxylation sites is 1. The number of carbonyl (C=O) groups excluding carboxylic acids is 1. The molecule has 102 valence electrons. The highest BCUT2D eigenvalue weighted by atomic mass is 16.5. The van der Waals surface area contributed by atoms with Crippen molar-refractivity contribution in [1.82, 2.24) is 10.3 Å². The van der Waals surface area contributed by atoms with Gasteiger partial charge in [-0.05, 0) is 17.7 Å². The average Bonchev–Trinajstić information content (AvgIpc) is 2.88. The molecule has 2 aromatic rings. The first-order valence-electron chi connectivity index (χ1n) is 6.46. The van der Waals surface area contributed by atoms with Crippen LogP contribution in [0, 0.1) is 0 Å². The van der Waals surface area contributed by atoms with Crippen molar-refractivity contribution in [2.45, 2.75) is 12.5 Å². The quantitative estimate of drug-likeness (QED) is 0.883. The second-order valence-corrected chi connectivity index (χ2v) is 4.72. The van der Waals surface area contributed by atoms with Crippen LogP contribution in [0.1, 0.15) is 15.9 Å². The monoisotopic (exact) mass is 269 g/mol. The van der Waals surface area contributed by atoms with E-state index in [4.69, 9.17) is 10.5 Å². The lowest BCUT2D eigenvalue weighted by molar-refractivity contribution is 0.0934. The van der Waals surface area contributed by atoms with Crippen LogP contribution in [0.4, 0.5) is 5.69 Å². The van der Waals surface area contributed by atoms with E-state index < -0.39 is 0 Å². The molecule has 1 aliphatic rings. The third-order valence-electron chi connectivity index (χ3n) is 3.30. The van der Waals surface area contributed by atoms with Crippen LogP contribution >= 0.6 is 0 Å². The summed E-state index contributed by atoms with van der Waals surface area (Å²) in [7, 11) is 0. The molecular formula is C15H15N3O2. The van der Waals surface area contributed by atoms with Gasteiger partial charge in [0, 0.05) is 12.6 Å². The predicted molar refractivity (Wildman–Crippen MR) is 75.5 cm³/mol. The molecule has 1 atom stereocenters. The van der Waals surface area contributed by atoms with Gasteiger partial charge in [0.15, 0.2) is 0 Å². The van der Waals surface area contributed by atoms with Crippen LogP contribution in [0.2, 0.25) is 0 Å². The summed E-state index contributed by atoms with van der Waals surface area (Å²) in [5.74, 6) is 0.694. The third kappa shape index (κ3) is 2.42. The minimum Gasteiger partial charge on any atom is -0.488 e. The molecular weight excluding hydrogens is 254 g/mol. The highest BCUT2D eigenvalue weighted by Crippen LogP contribution is 2.27. The van der Waals surface area contributed by atoms with E-state index >= 15 is 0 Å². The Bertz CT molecular complexity index is 618. The first kappa shape index (κ1) is 12.5. The summed E-state index contributed by atoms with van der Waals surface area (Å²) in [5, 5.41) is 2.84. The van der Waals surface area contributed by atoms with Gasteiger partial charge in [-0.25, -0.2) is 0 Å². The minimum absolute atomic E-state index is 0.0283. The van der Waals surface area contributed by atoms with E-state index in [1.165, 1.54) is 11.8 Å². The number of ether oxygens (including phenoxy) is 1. The molecule has 20 heavy (non-hydrogen) atoms. The molecule has 1 amide bonds. The summed E-state index contributed by atoms with van der Waals surface area (Å²) < 4.78 is 5.77. The van der Waals surface area contributed by atoms with Crippen molar-refractivity contribution in [2.24, 2.45) is 0 Å². The molecule has 0 bridgehead atoms. The lowest BCUT2D eigenvalue weighted by Gasteiger charge is -2.12. The van der Waals surface area contributed by atoms with E-state index in [-0.39, 0.29) is 12.0 Å². The molecule has 0 aliphatic carbocycles. The summed E-state index contributed by atoms with van der Waals surface area (Å²) in [6.45, 7) is 0.454. The minimum atomic E-state index is -0.204. The SMILES string of the molecule is Nc1cnccc1C(=O)NCC1Cc2ccccc2O1. The fourth-order valence-electron chi connectivity index (χ4n) is 2.28. The summed E-state index contributed by atoms with van der Waals surface area (Å²) in [6.07, 6.45) is 3.80. The normalized spacial score (nSPS) is 16.3. The van der Waals surface area contributed by atoms with E-state index in [1.54, 1.807) is 12.3 Å². The second kappa shape index (κ2) is 5.21. The Morgan fingerprint density at radius 2 is 2.25 bits per heavy atom. The molecule has 1 aromatic heterocycles. The number of rotatable bonds is 3. The highest BCUT2D eigenvalue weighted by Gasteiger charge is 2.23. The standard InChI is InChI=1S/C15H15N3O2/c16-13-9-17-6-5-12(13)15(19)18-8-11-7-10-3-1-2-4-14(10)20-11/h1-6,9,11H,7-8,16H2,(H,18,19). The van der Waals surface area contributed by atoms with Crippen LogP contribution in [0.15, 0.2) is 42.7 Å². The number of benzene rings is 1. The molecule has 0 fully saturated rings. The summed E-state index contributed by atoms with van der Waals surface area (Å²) in [5.41, 5.74) is 7.71. The molecule has 1 unspecified atom stereocenters. The van der Waals surface area contributed by atoms with Gasteiger partial charge in [0.05, 0.1) is 24.0 Å². The van der Waals surface area contributed by atoms with Crippen molar-refractivity contribution < 1.29 is 9.53 Å². The molecule has 3 rings (SSSR count). The fraction of sp³-hybridized carbons (Fsp3) is 0.200. The molecule has 3 N–H and O–H groups in total. The number of carbonyl (C=O) groups is 1. The topological polar surface area (TPSA) is 77.2 Å². The van der Waals surface area contributed by atoms with Gasteiger partial charge in [0.2, 0.25) is 0 Å². The Labute approximate surface area is 116 Å². The highest BCUT2D eigenvalue weighted by molar-refractivity contribution is 5.98. The third-order valence-corrected chi connectivity index (χ3v) is 3.30. The number of nitrogens with zero attached hydrogens (tertiary/aromatic N) is 1. The van der Waals surface area contributed by atoms with Crippen molar-refractivity contribution in [1.29, 1.82) is 0 Å². The number of nitrogens with two attached hydrogens (primary N) is 1. The van der Waals surface area contributed by atoms with Crippen LogP contribution in [-0.2, 0) is 6.42 Å². The Hall–Kier alpha value is -2.56. The Morgan fingerprint density at radius 3 is 3.05 bits per heavy atom. The Morgan fingerprint density at radius 1 is 1.40 bits per heavy atom. The van der Waals surface area contributed by atoms with E-state index in [1.807, 2.05) is 24.3 Å². The summed E-state index contributed by atoms with van der Waals surface area (Å²) >= 11 is 0. The molecule has 0 saturated carbocycles. The second-order valence-electron chi connectivity index (χ2n) is 4.72. The number of hydrogen-bond donors (Lipinski definition) is 2. The van der Waals surface area contributed by atoms with Crippen molar-refractivity contribution >= 4 is 11.6 Å². The zero-order valence-corrected chi connectivity index (χ0v) is 10.9. The summed E-state index contributed by atoms with van der Waals surface area (Å²) in [4.78, 5) is 15.9. The molecule has 0 radical (unpaired) electrons. The number of amides is 1. The molecule has 5 nitrogen and oxygen atoms in total. The van der Waals surface area contributed by atoms with E-state index in [2.05, 4.69) is 10.3 Å². The smallest absolute Gasteiger partial charge is 0.253 e. The summed E-state index contributed by atoms with van der Waals surface area (Å²) in [6, 6.07) is 9.52. The average molecular weight is 269 g/mol. The number of anilines is 1. The van der Waals surface area contributed by atoms with Gasteiger partial charge in [0.1, 0.15) is 11.9 Å². The van der Waals surface area contributed by atoms with Crippen molar-refractivity contribution in [3.05, 3.63) is 53.9 Å². The maximum Gasteiger partial charge on any atom is 0.253 e. The molecule has 2 heterocycles. The molecule has 1 aromatic carbocycles. The van der Waals surface area contributed by atoms with Crippen LogP contribution in [0.5, 0.6) is 5.75 Å². The van der Waals surface area contributed by atoms with Crippen molar-refractivity contribution in [3.8, 4) is 5.75 Å². The van der Waals surface area contributed by atoms with Crippen LogP contribution in [-0.4, -0.2) is 23.5 Å². The maximum atomic E-state index is 12.0. The zero-order chi connectivity index (χ0) is 13.9. The first-order valence-corrected chi connectivity index (χ1v) is 6.46. The molecule has 5 heteroatoms. The molecule has 0 spiro atoms. The number of aromatic nitrogens is 1. The lowest BCUT2D eigenvalue weighted by Crippen LogP contribution is -2.34. The van der Waals surface area contributed by atoms with E-state index in [0.717, 1.165) is 12.2 Å². The van der Waals surface area contributed by atoms with Crippen LogP contribution < -0.4 is 15.8 Å². The van der Waals surface area contributed by atoms with Gasteiger partial charge < -0.3 is 15.8 Å². The maximum absolute atomic E-state index is 12.0. The Kier molecular flexibility index (Phi) is 3.25. The van der Waals surface area contributed by atoms with Crippen molar-refractivity contribution in [3.63, 3.8) is 0 Å². The lowest BCUT2D eigenvalue weighted by atomic mass is 10.1. The Balaban J connectivity index is 1.59. The van der Waals surface area contributed by atoms with E-state index in [0.29, 0.717) is 17.8 Å². The molecule has 1 aliphatic heterocycles. The number of pyridine rings is 1. The fourth-order valence-corrected chi connectivity index (χ4v) is 2.28. The number of nitrogen functional groups attached to an aromatic ring is 1. The largest absolute Gasteiger partial charge is 0.488 e. The molecule has 0 saturated heterocycles.